The van der Waals surface area contributed by atoms with Gasteiger partial charge < -0.3 is 4.74 Å². The predicted octanol–water partition coefficient (Wildman–Crippen LogP) is 1.84. The molecule has 84 valence electrons. The summed E-state index contributed by atoms with van der Waals surface area (Å²) in [7, 11) is 0. The van der Waals surface area contributed by atoms with Crippen LogP contribution >= 0.6 is 0 Å². The van der Waals surface area contributed by atoms with Gasteiger partial charge in [0, 0.05) is 6.61 Å². The Hall–Kier alpha value is -0.900. The van der Waals surface area contributed by atoms with Crippen LogP contribution in [-0.2, 0) is 4.74 Å². The van der Waals surface area contributed by atoms with Crippen LogP contribution in [0.25, 0.3) is 0 Å². The smallest absolute Gasteiger partial charge is 0.0696 e. The summed E-state index contributed by atoms with van der Waals surface area (Å²) in [5.41, 5.74) is 6.51. The van der Waals surface area contributed by atoms with E-state index in [0.29, 0.717) is 13.2 Å². The fourth-order valence-corrected chi connectivity index (χ4v) is 1.68. The fourth-order valence-electron chi connectivity index (χ4n) is 1.68. The van der Waals surface area contributed by atoms with E-state index >= 15 is 0 Å². The molecular formula is C12H20N2O. The van der Waals surface area contributed by atoms with Gasteiger partial charge in [0.25, 0.3) is 0 Å². The number of ether oxygens (including phenoxy) is 1. The molecule has 0 aliphatic rings. The normalized spacial score (nSPS) is 12.8. The Morgan fingerprint density at radius 3 is 2.67 bits per heavy atom. The first-order valence-electron chi connectivity index (χ1n) is 5.30. The molecule has 0 radical (unpaired) electrons. The summed E-state index contributed by atoms with van der Waals surface area (Å²) in [6.45, 7) is 7.48. The minimum atomic E-state index is 0.0746. The third kappa shape index (κ3) is 3.30. The first kappa shape index (κ1) is 12.2. The van der Waals surface area contributed by atoms with E-state index in [1.807, 2.05) is 6.92 Å². The van der Waals surface area contributed by atoms with Crippen LogP contribution in [0.1, 0.15) is 29.7 Å². The number of nitrogens with one attached hydrogen (secondary N) is 1. The third-order valence-electron chi connectivity index (χ3n) is 2.49. The molecule has 0 spiro atoms. The molecule has 1 atom stereocenters. The van der Waals surface area contributed by atoms with Crippen LogP contribution in [0.2, 0.25) is 0 Å². The molecule has 3 heteroatoms. The second-order valence-corrected chi connectivity index (χ2v) is 3.74. The van der Waals surface area contributed by atoms with Gasteiger partial charge in [-0.1, -0.05) is 23.8 Å². The van der Waals surface area contributed by atoms with Crippen molar-refractivity contribution in [2.24, 2.45) is 5.84 Å². The highest BCUT2D eigenvalue weighted by Gasteiger charge is 2.11. The van der Waals surface area contributed by atoms with Crippen LogP contribution in [0, 0.1) is 13.8 Å². The quantitative estimate of drug-likeness (QED) is 0.573. The SMILES string of the molecule is CCOCC(NN)c1ccc(C)cc1C. The van der Waals surface area contributed by atoms with Crippen molar-refractivity contribution >= 4 is 0 Å². The van der Waals surface area contributed by atoms with E-state index in [1.165, 1.54) is 16.7 Å². The molecule has 1 aromatic rings. The van der Waals surface area contributed by atoms with Crippen LogP contribution in [0.4, 0.5) is 0 Å². The highest BCUT2D eigenvalue weighted by molar-refractivity contribution is 5.32. The van der Waals surface area contributed by atoms with Crippen LogP contribution in [0.15, 0.2) is 18.2 Å². The van der Waals surface area contributed by atoms with Gasteiger partial charge in [-0.05, 0) is 31.9 Å². The van der Waals surface area contributed by atoms with Gasteiger partial charge in [0.2, 0.25) is 0 Å². The van der Waals surface area contributed by atoms with Gasteiger partial charge in [-0.25, -0.2) is 0 Å². The number of aryl methyl sites for hydroxylation is 2. The van der Waals surface area contributed by atoms with Crippen LogP contribution in [-0.4, -0.2) is 13.2 Å². The number of hydrogen-bond acceptors (Lipinski definition) is 3. The van der Waals surface area contributed by atoms with Gasteiger partial charge in [0.05, 0.1) is 12.6 Å². The standard InChI is InChI=1S/C12H20N2O/c1-4-15-8-12(14-13)11-6-5-9(2)7-10(11)3/h5-7,12,14H,4,8,13H2,1-3H3. The molecule has 1 rings (SSSR count). The predicted molar refractivity (Wildman–Crippen MR) is 62.5 cm³/mol. The average molecular weight is 208 g/mol. The van der Waals surface area contributed by atoms with Crippen LogP contribution < -0.4 is 11.3 Å². The van der Waals surface area contributed by atoms with E-state index in [0.717, 1.165) is 0 Å². The molecule has 3 N–H and O–H groups in total. The molecule has 0 heterocycles. The number of nitrogens with two attached hydrogens (primary N) is 1. The van der Waals surface area contributed by atoms with Gasteiger partial charge in [-0.2, -0.15) is 0 Å². The lowest BCUT2D eigenvalue weighted by Crippen LogP contribution is -2.31. The molecule has 0 fully saturated rings. The molecule has 0 saturated heterocycles. The molecular weight excluding hydrogens is 188 g/mol. The molecule has 1 aromatic carbocycles. The molecule has 0 aromatic heterocycles. The molecule has 1 unspecified atom stereocenters. The summed E-state index contributed by atoms with van der Waals surface area (Å²) in [5.74, 6) is 5.52. The zero-order valence-corrected chi connectivity index (χ0v) is 9.71. The van der Waals surface area contributed by atoms with Gasteiger partial charge in [-0.3, -0.25) is 11.3 Å². The number of hydrazine groups is 1. The van der Waals surface area contributed by atoms with Crippen LogP contribution in [0.3, 0.4) is 0 Å². The largest absolute Gasteiger partial charge is 0.380 e. The Morgan fingerprint density at radius 2 is 2.13 bits per heavy atom. The Morgan fingerprint density at radius 1 is 1.40 bits per heavy atom. The van der Waals surface area contributed by atoms with Crippen molar-refractivity contribution in [3.63, 3.8) is 0 Å². The minimum absolute atomic E-state index is 0.0746. The Labute approximate surface area is 91.6 Å². The maximum atomic E-state index is 5.52. The third-order valence-corrected chi connectivity index (χ3v) is 2.49. The maximum absolute atomic E-state index is 5.52. The van der Waals surface area contributed by atoms with Gasteiger partial charge in [0.15, 0.2) is 0 Å². The molecule has 0 aliphatic heterocycles. The summed E-state index contributed by atoms with van der Waals surface area (Å²) in [5, 5.41) is 0. The lowest BCUT2D eigenvalue weighted by Gasteiger charge is -2.18. The van der Waals surface area contributed by atoms with E-state index in [-0.39, 0.29) is 6.04 Å². The fraction of sp³-hybridized carbons (Fsp3) is 0.500. The highest BCUT2D eigenvalue weighted by Crippen LogP contribution is 2.18. The van der Waals surface area contributed by atoms with E-state index in [1.54, 1.807) is 0 Å². The van der Waals surface area contributed by atoms with E-state index in [2.05, 4.69) is 37.5 Å². The van der Waals surface area contributed by atoms with Crippen molar-refractivity contribution < 1.29 is 4.74 Å². The topological polar surface area (TPSA) is 47.3 Å². The maximum Gasteiger partial charge on any atom is 0.0696 e. The minimum Gasteiger partial charge on any atom is -0.380 e. The molecule has 0 amide bonds. The molecule has 0 bridgehead atoms. The number of rotatable bonds is 5. The van der Waals surface area contributed by atoms with Crippen molar-refractivity contribution in [2.75, 3.05) is 13.2 Å². The Balaban J connectivity index is 2.81. The Bertz CT molecular complexity index is 312. The zero-order chi connectivity index (χ0) is 11.3. The number of benzene rings is 1. The van der Waals surface area contributed by atoms with Gasteiger partial charge in [-0.15, -0.1) is 0 Å². The van der Waals surface area contributed by atoms with E-state index in [9.17, 15) is 0 Å². The molecule has 0 saturated carbocycles. The molecule has 0 aliphatic carbocycles. The second kappa shape index (κ2) is 5.85. The molecule has 3 nitrogen and oxygen atoms in total. The van der Waals surface area contributed by atoms with Crippen molar-refractivity contribution in [1.29, 1.82) is 0 Å². The Kier molecular flexibility index (Phi) is 4.75. The van der Waals surface area contributed by atoms with Crippen molar-refractivity contribution in [3.05, 3.63) is 34.9 Å². The van der Waals surface area contributed by atoms with Gasteiger partial charge >= 0.3 is 0 Å². The van der Waals surface area contributed by atoms with Crippen molar-refractivity contribution in [1.82, 2.24) is 5.43 Å². The lowest BCUT2D eigenvalue weighted by atomic mass is 10.0. The summed E-state index contributed by atoms with van der Waals surface area (Å²) in [6, 6.07) is 6.43. The van der Waals surface area contributed by atoms with Crippen molar-refractivity contribution in [3.8, 4) is 0 Å². The summed E-state index contributed by atoms with van der Waals surface area (Å²) in [4.78, 5) is 0. The van der Waals surface area contributed by atoms with Gasteiger partial charge in [0.1, 0.15) is 0 Å². The van der Waals surface area contributed by atoms with Crippen LogP contribution in [0.5, 0.6) is 0 Å². The van der Waals surface area contributed by atoms with E-state index < -0.39 is 0 Å². The highest BCUT2D eigenvalue weighted by atomic mass is 16.5. The number of hydrogen-bond donors (Lipinski definition) is 2. The van der Waals surface area contributed by atoms with Crippen molar-refractivity contribution in [2.45, 2.75) is 26.8 Å². The summed E-state index contributed by atoms with van der Waals surface area (Å²) < 4.78 is 5.38. The zero-order valence-electron chi connectivity index (χ0n) is 9.71. The average Bonchev–Trinajstić information content (AvgIpc) is 2.21. The molecule has 15 heavy (non-hydrogen) atoms. The second-order valence-electron chi connectivity index (χ2n) is 3.74. The monoisotopic (exact) mass is 208 g/mol. The first-order valence-corrected chi connectivity index (χ1v) is 5.30. The van der Waals surface area contributed by atoms with E-state index in [4.69, 9.17) is 10.6 Å². The lowest BCUT2D eigenvalue weighted by molar-refractivity contribution is 0.123. The first-order chi connectivity index (χ1) is 7.19. The summed E-state index contributed by atoms with van der Waals surface area (Å²) >= 11 is 0. The summed E-state index contributed by atoms with van der Waals surface area (Å²) in [6.07, 6.45) is 0.